The van der Waals surface area contributed by atoms with E-state index in [2.05, 4.69) is 17.6 Å². The molecule has 1 aromatic rings. The SMILES string of the molecule is CCSc1ccc(NC(=O)CNC(C)C)cc1. The maximum absolute atomic E-state index is 11.5. The Kier molecular flexibility index (Phi) is 6.08. The fourth-order valence-electron chi connectivity index (χ4n) is 1.30. The summed E-state index contributed by atoms with van der Waals surface area (Å²) >= 11 is 1.79. The number of carbonyl (C=O) groups is 1. The average molecular weight is 252 g/mol. The molecule has 94 valence electrons. The molecular formula is C13H20N2OS. The van der Waals surface area contributed by atoms with E-state index in [1.807, 2.05) is 38.1 Å². The van der Waals surface area contributed by atoms with Crippen molar-refractivity contribution in [2.24, 2.45) is 0 Å². The number of hydrogen-bond acceptors (Lipinski definition) is 3. The standard InChI is InChI=1S/C13H20N2OS/c1-4-17-12-7-5-11(6-8-12)15-13(16)9-14-10(2)3/h5-8,10,14H,4,9H2,1-3H3,(H,15,16). The van der Waals surface area contributed by atoms with Gasteiger partial charge in [-0.2, -0.15) is 0 Å². The van der Waals surface area contributed by atoms with E-state index in [-0.39, 0.29) is 5.91 Å². The maximum Gasteiger partial charge on any atom is 0.238 e. The number of hydrogen-bond donors (Lipinski definition) is 2. The lowest BCUT2D eigenvalue weighted by molar-refractivity contribution is -0.115. The summed E-state index contributed by atoms with van der Waals surface area (Å²) < 4.78 is 0. The zero-order chi connectivity index (χ0) is 12.7. The van der Waals surface area contributed by atoms with Crippen LogP contribution >= 0.6 is 11.8 Å². The third-order valence-corrected chi connectivity index (χ3v) is 3.01. The first kappa shape index (κ1) is 14.1. The van der Waals surface area contributed by atoms with E-state index in [9.17, 15) is 4.79 Å². The van der Waals surface area contributed by atoms with Crippen LogP contribution in [0, 0.1) is 0 Å². The minimum Gasteiger partial charge on any atom is -0.325 e. The van der Waals surface area contributed by atoms with Gasteiger partial charge in [-0.3, -0.25) is 4.79 Å². The zero-order valence-corrected chi connectivity index (χ0v) is 11.4. The van der Waals surface area contributed by atoms with E-state index in [0.717, 1.165) is 11.4 Å². The minimum absolute atomic E-state index is 0.00501. The molecule has 0 aliphatic carbocycles. The highest BCUT2D eigenvalue weighted by Crippen LogP contribution is 2.19. The second-order valence-electron chi connectivity index (χ2n) is 4.04. The number of nitrogens with one attached hydrogen (secondary N) is 2. The Morgan fingerprint density at radius 3 is 2.47 bits per heavy atom. The highest BCUT2D eigenvalue weighted by molar-refractivity contribution is 7.99. The predicted octanol–water partition coefficient (Wildman–Crippen LogP) is 2.74. The van der Waals surface area contributed by atoms with E-state index in [4.69, 9.17) is 0 Å². The third-order valence-electron chi connectivity index (χ3n) is 2.12. The van der Waals surface area contributed by atoms with Crippen molar-refractivity contribution in [1.29, 1.82) is 0 Å². The van der Waals surface area contributed by atoms with Crippen LogP contribution in [0.2, 0.25) is 0 Å². The molecule has 0 spiro atoms. The summed E-state index contributed by atoms with van der Waals surface area (Å²) in [6.07, 6.45) is 0. The van der Waals surface area contributed by atoms with Gasteiger partial charge in [-0.25, -0.2) is 0 Å². The quantitative estimate of drug-likeness (QED) is 0.765. The molecular weight excluding hydrogens is 232 g/mol. The first-order valence-corrected chi connectivity index (χ1v) is 6.86. The molecule has 17 heavy (non-hydrogen) atoms. The molecule has 0 aromatic heterocycles. The summed E-state index contributed by atoms with van der Waals surface area (Å²) in [6.45, 7) is 6.51. The Bertz CT molecular complexity index is 349. The van der Waals surface area contributed by atoms with Crippen molar-refractivity contribution in [3.63, 3.8) is 0 Å². The molecule has 1 amide bonds. The average Bonchev–Trinajstić information content (AvgIpc) is 2.29. The van der Waals surface area contributed by atoms with Gasteiger partial charge in [0.25, 0.3) is 0 Å². The van der Waals surface area contributed by atoms with Crippen LogP contribution in [0.15, 0.2) is 29.2 Å². The molecule has 0 atom stereocenters. The molecule has 0 saturated heterocycles. The fourth-order valence-corrected chi connectivity index (χ4v) is 1.97. The number of anilines is 1. The number of amides is 1. The fraction of sp³-hybridized carbons (Fsp3) is 0.462. The number of thioether (sulfide) groups is 1. The molecule has 0 aliphatic heterocycles. The van der Waals surface area contributed by atoms with Gasteiger partial charge in [0.2, 0.25) is 5.91 Å². The Labute approximate surface area is 107 Å². The Morgan fingerprint density at radius 2 is 1.94 bits per heavy atom. The molecule has 0 aliphatic rings. The number of carbonyl (C=O) groups excluding carboxylic acids is 1. The molecule has 0 unspecified atom stereocenters. The van der Waals surface area contributed by atoms with Gasteiger partial charge in [0.05, 0.1) is 6.54 Å². The molecule has 3 nitrogen and oxygen atoms in total. The van der Waals surface area contributed by atoms with Crippen LogP contribution in [0.5, 0.6) is 0 Å². The van der Waals surface area contributed by atoms with E-state index < -0.39 is 0 Å². The lowest BCUT2D eigenvalue weighted by Crippen LogP contribution is -2.32. The summed E-state index contributed by atoms with van der Waals surface area (Å²) in [5.74, 6) is 1.05. The molecule has 0 heterocycles. The molecule has 0 fully saturated rings. The normalized spacial score (nSPS) is 10.6. The largest absolute Gasteiger partial charge is 0.325 e. The molecule has 0 bridgehead atoms. The zero-order valence-electron chi connectivity index (χ0n) is 10.6. The number of benzene rings is 1. The first-order valence-electron chi connectivity index (χ1n) is 5.88. The lowest BCUT2D eigenvalue weighted by atomic mass is 10.3. The second-order valence-corrected chi connectivity index (χ2v) is 5.38. The topological polar surface area (TPSA) is 41.1 Å². The highest BCUT2D eigenvalue weighted by Gasteiger charge is 2.02. The van der Waals surface area contributed by atoms with Crippen molar-refractivity contribution >= 4 is 23.4 Å². The van der Waals surface area contributed by atoms with Gasteiger partial charge in [-0.15, -0.1) is 11.8 Å². The summed E-state index contributed by atoms with van der Waals surface area (Å²) in [5, 5.41) is 5.94. The van der Waals surface area contributed by atoms with E-state index >= 15 is 0 Å². The van der Waals surface area contributed by atoms with Gasteiger partial charge < -0.3 is 10.6 Å². The Morgan fingerprint density at radius 1 is 1.29 bits per heavy atom. The van der Waals surface area contributed by atoms with E-state index in [1.54, 1.807) is 11.8 Å². The van der Waals surface area contributed by atoms with Crippen molar-refractivity contribution < 1.29 is 4.79 Å². The molecule has 4 heteroatoms. The van der Waals surface area contributed by atoms with Crippen molar-refractivity contribution in [2.75, 3.05) is 17.6 Å². The highest BCUT2D eigenvalue weighted by atomic mass is 32.2. The van der Waals surface area contributed by atoms with Crippen LogP contribution in [0.4, 0.5) is 5.69 Å². The third kappa shape index (κ3) is 5.75. The van der Waals surface area contributed by atoms with E-state index in [0.29, 0.717) is 12.6 Å². The van der Waals surface area contributed by atoms with Crippen LogP contribution in [0.1, 0.15) is 20.8 Å². The first-order chi connectivity index (χ1) is 8.11. The van der Waals surface area contributed by atoms with Crippen LogP contribution in [0.25, 0.3) is 0 Å². The van der Waals surface area contributed by atoms with E-state index in [1.165, 1.54) is 4.90 Å². The van der Waals surface area contributed by atoms with Gasteiger partial charge >= 0.3 is 0 Å². The summed E-state index contributed by atoms with van der Waals surface area (Å²) in [4.78, 5) is 12.8. The predicted molar refractivity (Wildman–Crippen MR) is 74.6 cm³/mol. The van der Waals surface area contributed by atoms with Gasteiger partial charge in [-0.1, -0.05) is 20.8 Å². The van der Waals surface area contributed by atoms with Gasteiger partial charge in [0.1, 0.15) is 0 Å². The van der Waals surface area contributed by atoms with Crippen LogP contribution < -0.4 is 10.6 Å². The van der Waals surface area contributed by atoms with Gasteiger partial charge in [0, 0.05) is 16.6 Å². The van der Waals surface area contributed by atoms with Crippen LogP contribution in [-0.2, 0) is 4.79 Å². The second kappa shape index (κ2) is 7.35. The number of rotatable bonds is 6. The summed E-state index contributed by atoms with van der Waals surface area (Å²) in [7, 11) is 0. The van der Waals surface area contributed by atoms with Crippen molar-refractivity contribution in [3.8, 4) is 0 Å². The van der Waals surface area contributed by atoms with Crippen molar-refractivity contribution in [1.82, 2.24) is 5.32 Å². The molecule has 0 radical (unpaired) electrons. The van der Waals surface area contributed by atoms with Gasteiger partial charge in [-0.05, 0) is 30.0 Å². The minimum atomic E-state index is -0.00501. The Hall–Kier alpha value is -1.00. The monoisotopic (exact) mass is 252 g/mol. The molecule has 1 rings (SSSR count). The molecule has 2 N–H and O–H groups in total. The maximum atomic E-state index is 11.5. The molecule has 0 saturated carbocycles. The van der Waals surface area contributed by atoms with Crippen molar-refractivity contribution in [2.45, 2.75) is 31.7 Å². The van der Waals surface area contributed by atoms with Crippen molar-refractivity contribution in [3.05, 3.63) is 24.3 Å². The summed E-state index contributed by atoms with van der Waals surface area (Å²) in [6, 6.07) is 8.25. The summed E-state index contributed by atoms with van der Waals surface area (Å²) in [5.41, 5.74) is 0.848. The molecule has 1 aromatic carbocycles. The Balaban J connectivity index is 2.43. The van der Waals surface area contributed by atoms with Crippen LogP contribution in [0.3, 0.4) is 0 Å². The lowest BCUT2D eigenvalue weighted by Gasteiger charge is -2.09. The van der Waals surface area contributed by atoms with Crippen LogP contribution in [-0.4, -0.2) is 24.2 Å². The smallest absolute Gasteiger partial charge is 0.238 e. The van der Waals surface area contributed by atoms with Gasteiger partial charge in [0.15, 0.2) is 0 Å².